The second kappa shape index (κ2) is 3.82. The Kier molecular flexibility index (Phi) is 2.66. The lowest BCUT2D eigenvalue weighted by Crippen LogP contribution is -2.40. The van der Waals surface area contributed by atoms with Gasteiger partial charge < -0.3 is 4.74 Å². The standard InChI is InChI=1S/C11H12BrN2O/c1-7-3-8(2)14-9(4-12)6-15-11(14)10(7)5-13/h3,9H,4,6H2,1-2H3/q+1. The Labute approximate surface area is 97.4 Å². The highest BCUT2D eigenvalue weighted by Crippen LogP contribution is 2.25. The van der Waals surface area contributed by atoms with Crippen LogP contribution in [0.4, 0.5) is 0 Å². The van der Waals surface area contributed by atoms with Crippen molar-refractivity contribution in [2.75, 3.05) is 11.9 Å². The summed E-state index contributed by atoms with van der Waals surface area (Å²) in [5.41, 5.74) is 2.78. The number of alkyl halides is 1. The van der Waals surface area contributed by atoms with Crippen molar-refractivity contribution in [1.29, 1.82) is 5.26 Å². The van der Waals surface area contributed by atoms with Crippen LogP contribution in [0, 0.1) is 25.2 Å². The van der Waals surface area contributed by atoms with E-state index in [9.17, 15) is 0 Å². The maximum Gasteiger partial charge on any atom is 0.387 e. The molecule has 15 heavy (non-hydrogen) atoms. The first-order valence-electron chi connectivity index (χ1n) is 4.83. The number of aromatic nitrogens is 1. The molecular weight excluding hydrogens is 256 g/mol. The molecule has 0 radical (unpaired) electrons. The van der Waals surface area contributed by atoms with E-state index in [1.165, 1.54) is 0 Å². The minimum atomic E-state index is 0.299. The number of halogens is 1. The Morgan fingerprint density at radius 2 is 2.40 bits per heavy atom. The van der Waals surface area contributed by atoms with E-state index in [0.717, 1.165) is 22.5 Å². The van der Waals surface area contributed by atoms with Crippen molar-refractivity contribution < 1.29 is 9.30 Å². The third kappa shape index (κ3) is 1.51. The highest BCUT2D eigenvalue weighted by Gasteiger charge is 2.36. The van der Waals surface area contributed by atoms with Crippen molar-refractivity contribution >= 4 is 15.9 Å². The summed E-state index contributed by atoms with van der Waals surface area (Å²) in [6.07, 6.45) is 0. The van der Waals surface area contributed by atoms with Gasteiger partial charge in [0, 0.05) is 13.0 Å². The number of fused-ring (bicyclic) bond motifs is 1. The minimum absolute atomic E-state index is 0.299. The molecule has 0 amide bonds. The summed E-state index contributed by atoms with van der Waals surface area (Å²) in [6, 6.07) is 4.54. The molecule has 4 heteroatoms. The maximum atomic E-state index is 9.08. The van der Waals surface area contributed by atoms with Crippen LogP contribution in [0.25, 0.3) is 0 Å². The third-order valence-corrected chi connectivity index (χ3v) is 3.45. The molecule has 2 heterocycles. The zero-order valence-electron chi connectivity index (χ0n) is 8.75. The second-order valence-corrected chi connectivity index (χ2v) is 4.40. The lowest BCUT2D eigenvalue weighted by molar-refractivity contribution is -0.706. The fourth-order valence-corrected chi connectivity index (χ4v) is 2.48. The van der Waals surface area contributed by atoms with E-state index in [0.29, 0.717) is 18.2 Å². The van der Waals surface area contributed by atoms with Crippen LogP contribution in [0.5, 0.6) is 5.88 Å². The molecule has 0 spiro atoms. The van der Waals surface area contributed by atoms with Gasteiger partial charge in [-0.05, 0) is 12.5 Å². The normalized spacial score (nSPS) is 18.1. The van der Waals surface area contributed by atoms with Crippen molar-refractivity contribution in [1.82, 2.24) is 0 Å². The predicted octanol–water partition coefficient (Wildman–Crippen LogP) is 1.79. The van der Waals surface area contributed by atoms with Crippen LogP contribution < -0.4 is 9.30 Å². The monoisotopic (exact) mass is 267 g/mol. The molecule has 3 nitrogen and oxygen atoms in total. The first-order chi connectivity index (χ1) is 7.19. The minimum Gasteiger partial charge on any atom is -0.436 e. The van der Waals surface area contributed by atoms with Gasteiger partial charge >= 0.3 is 5.88 Å². The Hall–Kier alpha value is -1.08. The summed E-state index contributed by atoms with van der Waals surface area (Å²) < 4.78 is 7.69. The molecule has 0 aromatic carbocycles. The van der Waals surface area contributed by atoms with E-state index in [2.05, 4.69) is 26.6 Å². The molecule has 0 N–H and O–H groups in total. The maximum absolute atomic E-state index is 9.08. The van der Waals surface area contributed by atoms with Crippen LogP contribution >= 0.6 is 15.9 Å². The van der Waals surface area contributed by atoms with Crippen molar-refractivity contribution in [3.63, 3.8) is 0 Å². The summed E-state index contributed by atoms with van der Waals surface area (Å²) in [5.74, 6) is 0.722. The summed E-state index contributed by atoms with van der Waals surface area (Å²) in [4.78, 5) is 0. The lowest BCUT2D eigenvalue weighted by Gasteiger charge is -2.04. The zero-order valence-corrected chi connectivity index (χ0v) is 10.3. The Balaban J connectivity index is 2.67. The van der Waals surface area contributed by atoms with Crippen LogP contribution in [0.15, 0.2) is 6.07 Å². The Morgan fingerprint density at radius 3 is 3.00 bits per heavy atom. The molecule has 2 rings (SSSR count). The number of rotatable bonds is 1. The lowest BCUT2D eigenvalue weighted by atomic mass is 10.1. The number of ether oxygens (including phenoxy) is 1. The van der Waals surface area contributed by atoms with Crippen molar-refractivity contribution in [2.24, 2.45) is 0 Å². The van der Waals surface area contributed by atoms with E-state index in [1.807, 2.05) is 19.9 Å². The van der Waals surface area contributed by atoms with Gasteiger partial charge in [0.05, 0.1) is 5.33 Å². The van der Waals surface area contributed by atoms with E-state index < -0.39 is 0 Å². The van der Waals surface area contributed by atoms with Crippen LogP contribution in [-0.4, -0.2) is 11.9 Å². The number of nitriles is 1. The number of aryl methyl sites for hydroxylation is 2. The molecule has 0 saturated carbocycles. The Bertz CT molecular complexity index is 451. The van der Waals surface area contributed by atoms with Crippen molar-refractivity contribution in [2.45, 2.75) is 19.9 Å². The molecule has 1 aliphatic rings. The van der Waals surface area contributed by atoms with Crippen LogP contribution in [0.3, 0.4) is 0 Å². The number of nitrogens with zero attached hydrogens (tertiary/aromatic N) is 2. The number of hydrogen-bond donors (Lipinski definition) is 0. The highest BCUT2D eigenvalue weighted by molar-refractivity contribution is 9.09. The molecule has 1 atom stereocenters. The van der Waals surface area contributed by atoms with E-state index in [1.54, 1.807) is 0 Å². The number of hydrogen-bond acceptors (Lipinski definition) is 2. The molecule has 1 unspecified atom stereocenters. The molecule has 78 valence electrons. The van der Waals surface area contributed by atoms with E-state index >= 15 is 0 Å². The molecular formula is C11H12BrN2O+. The molecule has 1 aromatic heterocycles. The SMILES string of the molecule is Cc1cc(C)[n+]2c(c1C#N)OCC2CBr. The van der Waals surface area contributed by atoms with Crippen molar-refractivity contribution in [3.8, 4) is 11.9 Å². The predicted molar refractivity (Wildman–Crippen MR) is 59.2 cm³/mol. The molecule has 0 saturated heterocycles. The van der Waals surface area contributed by atoms with Gasteiger partial charge in [0.25, 0.3) is 0 Å². The first kappa shape index (κ1) is 10.4. The quantitative estimate of drug-likeness (QED) is 0.575. The summed E-state index contributed by atoms with van der Waals surface area (Å²) in [5, 5.41) is 9.92. The van der Waals surface area contributed by atoms with Gasteiger partial charge in [-0.3, -0.25) is 0 Å². The first-order valence-corrected chi connectivity index (χ1v) is 5.95. The van der Waals surface area contributed by atoms with Crippen LogP contribution in [0.1, 0.15) is 22.9 Å². The van der Waals surface area contributed by atoms with Gasteiger partial charge in [0.2, 0.25) is 6.04 Å². The van der Waals surface area contributed by atoms with Crippen LogP contribution in [0.2, 0.25) is 0 Å². The average molecular weight is 268 g/mol. The summed E-state index contributed by atoms with van der Waals surface area (Å²) >= 11 is 3.46. The van der Waals surface area contributed by atoms with E-state index in [-0.39, 0.29) is 0 Å². The van der Waals surface area contributed by atoms with Gasteiger partial charge in [0.1, 0.15) is 6.07 Å². The largest absolute Gasteiger partial charge is 0.436 e. The number of pyridine rings is 1. The fraction of sp³-hybridized carbons (Fsp3) is 0.455. The van der Waals surface area contributed by atoms with Crippen LogP contribution in [-0.2, 0) is 0 Å². The smallest absolute Gasteiger partial charge is 0.387 e. The van der Waals surface area contributed by atoms with Gasteiger partial charge in [0.15, 0.2) is 17.9 Å². The molecule has 1 aliphatic heterocycles. The molecule has 1 aromatic rings. The zero-order chi connectivity index (χ0) is 11.0. The third-order valence-electron chi connectivity index (χ3n) is 2.70. The Morgan fingerprint density at radius 1 is 1.67 bits per heavy atom. The summed E-state index contributed by atoms with van der Waals surface area (Å²) in [7, 11) is 0. The highest BCUT2D eigenvalue weighted by atomic mass is 79.9. The topological polar surface area (TPSA) is 36.9 Å². The van der Waals surface area contributed by atoms with Gasteiger partial charge in [-0.15, -0.1) is 0 Å². The average Bonchev–Trinajstić information content (AvgIpc) is 2.62. The second-order valence-electron chi connectivity index (χ2n) is 3.75. The van der Waals surface area contributed by atoms with Gasteiger partial charge in [-0.25, -0.2) is 0 Å². The fourth-order valence-electron chi connectivity index (χ4n) is 2.00. The van der Waals surface area contributed by atoms with Gasteiger partial charge in [-0.1, -0.05) is 15.9 Å². The molecule has 0 fully saturated rings. The summed E-state index contributed by atoms with van der Waals surface area (Å²) in [6.45, 7) is 4.63. The van der Waals surface area contributed by atoms with Gasteiger partial charge in [-0.2, -0.15) is 9.83 Å². The molecule has 0 aliphatic carbocycles. The molecule has 0 bridgehead atoms. The van der Waals surface area contributed by atoms with E-state index in [4.69, 9.17) is 10.00 Å². The van der Waals surface area contributed by atoms with Crippen molar-refractivity contribution in [3.05, 3.63) is 22.9 Å².